The van der Waals surface area contributed by atoms with E-state index in [-0.39, 0.29) is 17.9 Å². The molecule has 0 spiro atoms. The van der Waals surface area contributed by atoms with Crippen LogP contribution in [0.3, 0.4) is 0 Å². The zero-order chi connectivity index (χ0) is 14.0. The van der Waals surface area contributed by atoms with Crippen LogP contribution in [0.4, 0.5) is 4.39 Å². The SMILES string of the molecule is Cc1ccc(C(C)NC(C)c2cc(Br)ccc2F)o1. The second kappa shape index (κ2) is 5.88. The lowest BCUT2D eigenvalue weighted by atomic mass is 10.1. The van der Waals surface area contributed by atoms with Crippen LogP contribution >= 0.6 is 15.9 Å². The van der Waals surface area contributed by atoms with E-state index in [1.165, 1.54) is 6.07 Å². The fourth-order valence-corrected chi connectivity index (χ4v) is 2.46. The summed E-state index contributed by atoms with van der Waals surface area (Å²) in [6, 6.07) is 8.77. The van der Waals surface area contributed by atoms with E-state index < -0.39 is 0 Å². The fourth-order valence-electron chi connectivity index (χ4n) is 2.08. The normalized spacial score (nSPS) is 14.4. The molecule has 0 aliphatic heterocycles. The topological polar surface area (TPSA) is 25.2 Å². The van der Waals surface area contributed by atoms with Gasteiger partial charge in [-0.1, -0.05) is 15.9 Å². The average molecular weight is 326 g/mol. The summed E-state index contributed by atoms with van der Waals surface area (Å²) in [5.74, 6) is 1.54. The monoisotopic (exact) mass is 325 g/mol. The molecule has 2 atom stereocenters. The Morgan fingerprint density at radius 1 is 1.16 bits per heavy atom. The number of halogens is 2. The Kier molecular flexibility index (Phi) is 4.42. The standard InChI is InChI=1S/C15H17BrFNO/c1-9-4-7-15(19-9)11(3)18-10(2)13-8-12(16)5-6-14(13)17/h4-8,10-11,18H,1-3H3. The van der Waals surface area contributed by atoms with Crippen LogP contribution in [0, 0.1) is 12.7 Å². The van der Waals surface area contributed by atoms with Gasteiger partial charge in [0, 0.05) is 16.1 Å². The molecule has 2 nitrogen and oxygen atoms in total. The van der Waals surface area contributed by atoms with E-state index in [4.69, 9.17) is 4.42 Å². The number of hydrogen-bond acceptors (Lipinski definition) is 2. The first-order valence-electron chi connectivity index (χ1n) is 6.24. The van der Waals surface area contributed by atoms with Gasteiger partial charge in [0.15, 0.2) is 0 Å². The lowest BCUT2D eigenvalue weighted by molar-refractivity contribution is 0.388. The Balaban J connectivity index is 2.12. The van der Waals surface area contributed by atoms with E-state index in [9.17, 15) is 4.39 Å². The molecule has 0 amide bonds. The zero-order valence-corrected chi connectivity index (χ0v) is 12.8. The number of nitrogens with one attached hydrogen (secondary N) is 1. The summed E-state index contributed by atoms with van der Waals surface area (Å²) < 4.78 is 20.2. The van der Waals surface area contributed by atoms with Crippen molar-refractivity contribution in [1.29, 1.82) is 0 Å². The van der Waals surface area contributed by atoms with Gasteiger partial charge in [0.05, 0.1) is 6.04 Å². The van der Waals surface area contributed by atoms with Gasteiger partial charge in [0.2, 0.25) is 0 Å². The van der Waals surface area contributed by atoms with Crippen LogP contribution in [0.15, 0.2) is 39.2 Å². The first-order chi connectivity index (χ1) is 8.97. The maximum Gasteiger partial charge on any atom is 0.128 e. The van der Waals surface area contributed by atoms with Crippen molar-refractivity contribution in [3.05, 3.63) is 57.7 Å². The van der Waals surface area contributed by atoms with Crippen LogP contribution in [0.1, 0.15) is 43.0 Å². The third-order valence-corrected chi connectivity index (χ3v) is 3.61. The minimum atomic E-state index is -0.203. The van der Waals surface area contributed by atoms with Gasteiger partial charge < -0.3 is 9.73 Å². The minimum absolute atomic E-state index is 0.0297. The van der Waals surface area contributed by atoms with Crippen molar-refractivity contribution in [2.45, 2.75) is 32.9 Å². The van der Waals surface area contributed by atoms with E-state index in [1.807, 2.05) is 32.9 Å². The van der Waals surface area contributed by atoms with Gasteiger partial charge in [-0.15, -0.1) is 0 Å². The van der Waals surface area contributed by atoms with Crippen molar-refractivity contribution in [3.63, 3.8) is 0 Å². The number of rotatable bonds is 4. The van der Waals surface area contributed by atoms with Gasteiger partial charge in [-0.05, 0) is 51.1 Å². The predicted molar refractivity (Wildman–Crippen MR) is 77.5 cm³/mol. The Hall–Kier alpha value is -1.13. The molecule has 0 aliphatic rings. The van der Waals surface area contributed by atoms with Gasteiger partial charge in [-0.3, -0.25) is 0 Å². The molecule has 0 aliphatic carbocycles. The molecule has 2 rings (SSSR count). The number of hydrogen-bond donors (Lipinski definition) is 1. The highest BCUT2D eigenvalue weighted by Gasteiger charge is 2.16. The Morgan fingerprint density at radius 2 is 1.89 bits per heavy atom. The molecule has 2 aromatic rings. The number of furan rings is 1. The third-order valence-electron chi connectivity index (χ3n) is 3.11. The molecule has 0 fully saturated rings. The second-order valence-electron chi connectivity index (χ2n) is 4.72. The average Bonchev–Trinajstić information content (AvgIpc) is 2.79. The summed E-state index contributed by atoms with van der Waals surface area (Å²) in [7, 11) is 0. The summed E-state index contributed by atoms with van der Waals surface area (Å²) in [4.78, 5) is 0. The van der Waals surface area contributed by atoms with Crippen molar-refractivity contribution in [3.8, 4) is 0 Å². The summed E-state index contributed by atoms with van der Waals surface area (Å²) in [6.45, 7) is 5.86. The molecule has 1 heterocycles. The largest absolute Gasteiger partial charge is 0.465 e. The number of benzene rings is 1. The summed E-state index contributed by atoms with van der Waals surface area (Å²) >= 11 is 3.37. The van der Waals surface area contributed by atoms with Crippen LogP contribution in [0.25, 0.3) is 0 Å². The van der Waals surface area contributed by atoms with E-state index in [0.29, 0.717) is 5.56 Å². The van der Waals surface area contributed by atoms with Crippen LogP contribution < -0.4 is 5.32 Å². The van der Waals surface area contributed by atoms with Gasteiger partial charge in [-0.2, -0.15) is 0 Å². The van der Waals surface area contributed by atoms with Crippen molar-refractivity contribution in [2.75, 3.05) is 0 Å². The van der Waals surface area contributed by atoms with Crippen molar-refractivity contribution in [2.24, 2.45) is 0 Å². The van der Waals surface area contributed by atoms with Gasteiger partial charge in [-0.25, -0.2) is 4.39 Å². The summed E-state index contributed by atoms with van der Waals surface area (Å²) in [5, 5.41) is 3.34. The van der Waals surface area contributed by atoms with Crippen molar-refractivity contribution < 1.29 is 8.81 Å². The van der Waals surface area contributed by atoms with Gasteiger partial charge in [0.1, 0.15) is 17.3 Å². The molecule has 4 heteroatoms. The van der Waals surface area contributed by atoms with Crippen LogP contribution in [-0.2, 0) is 0 Å². The lowest BCUT2D eigenvalue weighted by Crippen LogP contribution is -2.23. The van der Waals surface area contributed by atoms with E-state index >= 15 is 0 Å². The second-order valence-corrected chi connectivity index (χ2v) is 5.64. The molecule has 1 N–H and O–H groups in total. The van der Waals surface area contributed by atoms with Crippen LogP contribution in [0.2, 0.25) is 0 Å². The molecule has 1 aromatic carbocycles. The molecule has 0 radical (unpaired) electrons. The van der Waals surface area contributed by atoms with Crippen LogP contribution in [0.5, 0.6) is 0 Å². The Bertz CT molecular complexity index is 567. The molecule has 102 valence electrons. The molecule has 0 saturated heterocycles. The molecule has 19 heavy (non-hydrogen) atoms. The van der Waals surface area contributed by atoms with Crippen molar-refractivity contribution >= 4 is 15.9 Å². The quantitative estimate of drug-likeness (QED) is 0.864. The molecule has 0 saturated carbocycles. The fraction of sp³-hybridized carbons (Fsp3) is 0.333. The smallest absolute Gasteiger partial charge is 0.128 e. The molecule has 2 unspecified atom stereocenters. The van der Waals surface area contributed by atoms with Crippen molar-refractivity contribution in [1.82, 2.24) is 5.32 Å². The Labute approximate surface area is 121 Å². The van der Waals surface area contributed by atoms with Crippen LogP contribution in [-0.4, -0.2) is 0 Å². The van der Waals surface area contributed by atoms with Gasteiger partial charge in [0.25, 0.3) is 0 Å². The highest BCUT2D eigenvalue weighted by Crippen LogP contribution is 2.25. The number of aryl methyl sites for hydroxylation is 1. The first-order valence-corrected chi connectivity index (χ1v) is 7.04. The lowest BCUT2D eigenvalue weighted by Gasteiger charge is -2.19. The molecule has 0 bridgehead atoms. The summed E-state index contributed by atoms with van der Waals surface area (Å²) in [5.41, 5.74) is 0.643. The summed E-state index contributed by atoms with van der Waals surface area (Å²) in [6.07, 6.45) is 0. The third kappa shape index (κ3) is 3.45. The van der Waals surface area contributed by atoms with E-state index in [2.05, 4.69) is 21.2 Å². The maximum atomic E-state index is 13.8. The first kappa shape index (κ1) is 14.3. The highest BCUT2D eigenvalue weighted by atomic mass is 79.9. The van der Waals surface area contributed by atoms with E-state index in [1.54, 1.807) is 12.1 Å². The Morgan fingerprint density at radius 3 is 2.53 bits per heavy atom. The van der Waals surface area contributed by atoms with Gasteiger partial charge >= 0.3 is 0 Å². The molecular formula is C15H17BrFNO. The molecular weight excluding hydrogens is 309 g/mol. The predicted octanol–water partition coefficient (Wildman–Crippen LogP) is 4.90. The minimum Gasteiger partial charge on any atom is -0.465 e. The highest BCUT2D eigenvalue weighted by molar-refractivity contribution is 9.10. The van der Waals surface area contributed by atoms with E-state index in [0.717, 1.165) is 16.0 Å². The molecule has 1 aromatic heterocycles. The maximum absolute atomic E-state index is 13.8. The zero-order valence-electron chi connectivity index (χ0n) is 11.2.